The number of carbonyl (C=O) groups is 2. The molecule has 7 heteroatoms. The largest absolute Gasteiger partial charge is 0.497 e. The number of ether oxygens (including phenoxy) is 2. The molecule has 1 aliphatic heterocycles. The maximum atomic E-state index is 13.1. The van der Waals surface area contributed by atoms with Crippen LogP contribution in [0, 0.1) is 0 Å². The monoisotopic (exact) mass is 445 g/mol. The van der Waals surface area contributed by atoms with Crippen LogP contribution in [0.25, 0.3) is 0 Å². The highest BCUT2D eigenvalue weighted by atomic mass is 16.5. The third kappa shape index (κ3) is 5.44. The van der Waals surface area contributed by atoms with E-state index in [1.165, 1.54) is 0 Å². The lowest BCUT2D eigenvalue weighted by Crippen LogP contribution is -2.38. The molecule has 3 aromatic carbocycles. The molecule has 4 rings (SSSR count). The van der Waals surface area contributed by atoms with E-state index in [1.54, 1.807) is 42.3 Å². The van der Waals surface area contributed by atoms with E-state index in [1.807, 2.05) is 49.4 Å². The van der Waals surface area contributed by atoms with Crippen molar-refractivity contribution in [3.63, 3.8) is 0 Å². The van der Waals surface area contributed by atoms with Gasteiger partial charge in [-0.2, -0.15) is 0 Å². The average molecular weight is 446 g/mol. The van der Waals surface area contributed by atoms with Gasteiger partial charge in [-0.15, -0.1) is 0 Å². The number of carbonyl (C=O) groups excluding carboxylic acids is 2. The maximum Gasteiger partial charge on any atom is 0.323 e. The highest BCUT2D eigenvalue weighted by Crippen LogP contribution is 2.30. The maximum absolute atomic E-state index is 13.1. The van der Waals surface area contributed by atoms with Gasteiger partial charge in [-0.3, -0.25) is 4.79 Å². The van der Waals surface area contributed by atoms with E-state index in [9.17, 15) is 9.59 Å². The fraction of sp³-hybridized carbons (Fsp3) is 0.231. The number of amides is 3. The third-order valence-electron chi connectivity index (χ3n) is 5.45. The van der Waals surface area contributed by atoms with Crippen LogP contribution in [0.3, 0.4) is 0 Å². The summed E-state index contributed by atoms with van der Waals surface area (Å²) >= 11 is 0. The predicted molar refractivity (Wildman–Crippen MR) is 127 cm³/mol. The van der Waals surface area contributed by atoms with E-state index in [2.05, 4.69) is 10.6 Å². The predicted octanol–water partition coefficient (Wildman–Crippen LogP) is 5.04. The van der Waals surface area contributed by atoms with E-state index < -0.39 is 6.10 Å². The second-order valence-corrected chi connectivity index (χ2v) is 7.83. The number of urea groups is 1. The first-order valence-corrected chi connectivity index (χ1v) is 10.9. The number of nitrogens with one attached hydrogen (secondary N) is 2. The second kappa shape index (κ2) is 10.1. The summed E-state index contributed by atoms with van der Waals surface area (Å²) in [6.45, 7) is 2.83. The van der Waals surface area contributed by atoms with Crippen molar-refractivity contribution in [3.8, 4) is 11.5 Å². The molecule has 1 unspecified atom stereocenters. The van der Waals surface area contributed by atoms with Gasteiger partial charge in [0.1, 0.15) is 11.5 Å². The summed E-state index contributed by atoms with van der Waals surface area (Å²) in [4.78, 5) is 27.4. The topological polar surface area (TPSA) is 79.9 Å². The van der Waals surface area contributed by atoms with E-state index in [0.29, 0.717) is 42.4 Å². The molecule has 0 saturated carbocycles. The molecule has 3 aromatic rings. The first kappa shape index (κ1) is 22.2. The fourth-order valence-electron chi connectivity index (χ4n) is 3.78. The molecule has 0 saturated heterocycles. The molecular weight excluding hydrogens is 418 g/mol. The van der Waals surface area contributed by atoms with Crippen molar-refractivity contribution in [2.75, 3.05) is 17.7 Å². The average Bonchev–Trinajstić information content (AvgIpc) is 2.95. The molecule has 1 heterocycles. The molecule has 0 spiro atoms. The molecule has 33 heavy (non-hydrogen) atoms. The molecule has 7 nitrogen and oxygen atoms in total. The molecule has 0 fully saturated rings. The Balaban J connectivity index is 1.51. The fourth-order valence-corrected chi connectivity index (χ4v) is 3.78. The Morgan fingerprint density at radius 1 is 1.03 bits per heavy atom. The molecule has 3 amide bonds. The Kier molecular flexibility index (Phi) is 6.78. The quantitative estimate of drug-likeness (QED) is 0.557. The van der Waals surface area contributed by atoms with Crippen LogP contribution in [0.2, 0.25) is 0 Å². The highest BCUT2D eigenvalue weighted by molar-refractivity contribution is 6.00. The lowest BCUT2D eigenvalue weighted by atomic mass is 10.1. The second-order valence-electron chi connectivity index (χ2n) is 7.83. The van der Waals surface area contributed by atoms with Crippen LogP contribution in [0.4, 0.5) is 16.2 Å². The number of hydrogen-bond donors (Lipinski definition) is 2. The lowest BCUT2D eigenvalue weighted by molar-refractivity contribution is -0.139. The van der Waals surface area contributed by atoms with Gasteiger partial charge in [0, 0.05) is 36.1 Å². The van der Waals surface area contributed by atoms with Crippen molar-refractivity contribution in [3.05, 3.63) is 83.9 Å². The smallest absolute Gasteiger partial charge is 0.323 e. The van der Waals surface area contributed by atoms with Gasteiger partial charge in [0.15, 0.2) is 6.10 Å². The van der Waals surface area contributed by atoms with Crippen LogP contribution in [0.1, 0.15) is 24.5 Å². The van der Waals surface area contributed by atoms with Gasteiger partial charge in [0.25, 0.3) is 5.91 Å². The summed E-state index contributed by atoms with van der Waals surface area (Å²) in [6.07, 6.45) is 0.0390. The van der Waals surface area contributed by atoms with Crippen LogP contribution < -0.4 is 20.1 Å². The van der Waals surface area contributed by atoms with E-state index in [4.69, 9.17) is 9.47 Å². The van der Waals surface area contributed by atoms with Crippen LogP contribution in [0.15, 0.2) is 72.8 Å². The summed E-state index contributed by atoms with van der Waals surface area (Å²) in [7, 11) is 1.58. The van der Waals surface area contributed by atoms with Crippen molar-refractivity contribution >= 4 is 23.3 Å². The van der Waals surface area contributed by atoms with E-state index in [-0.39, 0.29) is 11.9 Å². The first-order chi connectivity index (χ1) is 16.1. The number of nitrogens with zero attached hydrogens (tertiary/aromatic N) is 1. The number of fused-ring (bicyclic) bond motifs is 1. The SMILES string of the molecule is CCC1Oc2ccc(NC(=O)Nc3cccc(OC)c3)cc2CN(Cc2ccccc2)C1=O. The Morgan fingerprint density at radius 3 is 2.52 bits per heavy atom. The number of benzene rings is 3. The standard InChI is InChI=1S/C26H27N3O4/c1-3-23-25(30)29(16-18-8-5-4-6-9-18)17-19-14-21(12-13-24(19)33-23)28-26(31)27-20-10-7-11-22(15-20)32-2/h4-15,23H,3,16-17H2,1-2H3,(H2,27,28,31). The lowest BCUT2D eigenvalue weighted by Gasteiger charge is -2.23. The van der Waals surface area contributed by atoms with Crippen LogP contribution in [0.5, 0.6) is 11.5 Å². The third-order valence-corrected chi connectivity index (χ3v) is 5.45. The molecule has 170 valence electrons. The molecule has 1 aliphatic rings. The van der Waals surface area contributed by atoms with Gasteiger partial charge >= 0.3 is 6.03 Å². The zero-order chi connectivity index (χ0) is 23.2. The van der Waals surface area contributed by atoms with Gasteiger partial charge in [0.2, 0.25) is 0 Å². The Labute approximate surface area is 193 Å². The van der Waals surface area contributed by atoms with Gasteiger partial charge in [-0.25, -0.2) is 4.79 Å². The molecule has 2 N–H and O–H groups in total. The number of hydrogen-bond acceptors (Lipinski definition) is 4. The van der Waals surface area contributed by atoms with Gasteiger partial charge in [-0.05, 0) is 42.3 Å². The molecule has 0 radical (unpaired) electrons. The van der Waals surface area contributed by atoms with Gasteiger partial charge in [-0.1, -0.05) is 43.3 Å². The molecular formula is C26H27N3O4. The summed E-state index contributed by atoms with van der Waals surface area (Å²) in [5.41, 5.74) is 3.13. The number of rotatable bonds is 6. The summed E-state index contributed by atoms with van der Waals surface area (Å²) in [5.74, 6) is 1.27. The minimum atomic E-state index is -0.537. The van der Waals surface area contributed by atoms with Crippen molar-refractivity contribution in [2.45, 2.75) is 32.5 Å². The van der Waals surface area contributed by atoms with Gasteiger partial charge < -0.3 is 25.0 Å². The minimum Gasteiger partial charge on any atom is -0.497 e. The van der Waals surface area contributed by atoms with Crippen LogP contribution >= 0.6 is 0 Å². The molecule has 0 bridgehead atoms. The zero-order valence-electron chi connectivity index (χ0n) is 18.7. The van der Waals surface area contributed by atoms with Crippen LogP contribution in [-0.2, 0) is 17.9 Å². The first-order valence-electron chi connectivity index (χ1n) is 10.9. The van der Waals surface area contributed by atoms with E-state index in [0.717, 1.165) is 11.1 Å². The number of anilines is 2. The summed E-state index contributed by atoms with van der Waals surface area (Å²) in [6, 6.07) is 22.1. The zero-order valence-corrected chi connectivity index (χ0v) is 18.7. The summed E-state index contributed by atoms with van der Waals surface area (Å²) < 4.78 is 11.2. The van der Waals surface area contributed by atoms with Crippen molar-refractivity contribution in [2.24, 2.45) is 0 Å². The van der Waals surface area contributed by atoms with Crippen molar-refractivity contribution in [1.82, 2.24) is 4.90 Å². The van der Waals surface area contributed by atoms with Crippen molar-refractivity contribution in [1.29, 1.82) is 0 Å². The highest BCUT2D eigenvalue weighted by Gasteiger charge is 2.30. The minimum absolute atomic E-state index is 0.0390. The Hall–Kier alpha value is -4.00. The summed E-state index contributed by atoms with van der Waals surface area (Å²) in [5, 5.41) is 5.65. The van der Waals surface area contributed by atoms with E-state index >= 15 is 0 Å². The molecule has 0 aliphatic carbocycles. The normalized spacial score (nSPS) is 15.2. The Bertz CT molecular complexity index is 1130. The Morgan fingerprint density at radius 2 is 1.79 bits per heavy atom. The van der Waals surface area contributed by atoms with Crippen LogP contribution in [-0.4, -0.2) is 30.1 Å². The van der Waals surface area contributed by atoms with Gasteiger partial charge in [0.05, 0.1) is 7.11 Å². The molecule has 0 aromatic heterocycles. The number of methoxy groups -OCH3 is 1. The molecule has 1 atom stereocenters. The van der Waals surface area contributed by atoms with Crippen molar-refractivity contribution < 1.29 is 19.1 Å².